The predicted molar refractivity (Wildman–Crippen MR) is 73.4 cm³/mol. The van der Waals surface area contributed by atoms with Crippen molar-refractivity contribution in [3.8, 4) is 11.1 Å². The zero-order valence-corrected chi connectivity index (χ0v) is 10.9. The lowest BCUT2D eigenvalue weighted by molar-refractivity contribution is 0.735. The molecule has 3 nitrogen and oxygen atoms in total. The molecule has 1 atom stereocenters. The van der Waals surface area contributed by atoms with Crippen molar-refractivity contribution in [3.05, 3.63) is 52.8 Å². The van der Waals surface area contributed by atoms with Gasteiger partial charge in [-0.2, -0.15) is 0 Å². The summed E-state index contributed by atoms with van der Waals surface area (Å²) < 4.78 is 1.06. The highest BCUT2D eigenvalue weighted by molar-refractivity contribution is 9.10. The zero-order valence-electron chi connectivity index (χ0n) is 9.31. The highest BCUT2D eigenvalue weighted by Gasteiger charge is 2.10. The fourth-order valence-corrected chi connectivity index (χ4v) is 1.99. The second-order valence-corrected chi connectivity index (χ2v) is 4.73. The summed E-state index contributed by atoms with van der Waals surface area (Å²) in [5.41, 5.74) is 14.8. The molecule has 0 spiro atoms. The van der Waals surface area contributed by atoms with Crippen LogP contribution in [0.1, 0.15) is 11.6 Å². The Morgan fingerprint density at radius 2 is 1.88 bits per heavy atom. The van der Waals surface area contributed by atoms with Gasteiger partial charge in [0.05, 0.1) is 0 Å². The Morgan fingerprint density at radius 1 is 1.18 bits per heavy atom. The Kier molecular flexibility index (Phi) is 3.89. The molecular formula is C13H14BrN3. The molecule has 2 rings (SSSR count). The third-order valence-electron chi connectivity index (χ3n) is 2.66. The largest absolute Gasteiger partial charge is 0.329 e. The van der Waals surface area contributed by atoms with Crippen LogP contribution < -0.4 is 11.5 Å². The Morgan fingerprint density at radius 3 is 2.53 bits per heavy atom. The first-order valence-corrected chi connectivity index (χ1v) is 6.17. The van der Waals surface area contributed by atoms with Gasteiger partial charge in [-0.05, 0) is 34.9 Å². The smallest absolute Gasteiger partial charge is 0.0441 e. The number of hydrogen-bond acceptors (Lipinski definition) is 3. The SMILES string of the molecule is NCC(N)c1cnccc1-c1ccc(Br)cc1. The van der Waals surface area contributed by atoms with Crippen molar-refractivity contribution in [2.24, 2.45) is 11.5 Å². The summed E-state index contributed by atoms with van der Waals surface area (Å²) in [6.45, 7) is 0.412. The van der Waals surface area contributed by atoms with Crippen molar-refractivity contribution in [1.29, 1.82) is 0 Å². The molecule has 0 amide bonds. The molecule has 88 valence electrons. The number of hydrogen-bond donors (Lipinski definition) is 2. The van der Waals surface area contributed by atoms with Gasteiger partial charge < -0.3 is 11.5 Å². The van der Waals surface area contributed by atoms with E-state index in [-0.39, 0.29) is 6.04 Å². The van der Waals surface area contributed by atoms with Gasteiger partial charge in [0.25, 0.3) is 0 Å². The van der Waals surface area contributed by atoms with Crippen LogP contribution in [-0.2, 0) is 0 Å². The van der Waals surface area contributed by atoms with Crippen molar-refractivity contribution in [2.45, 2.75) is 6.04 Å². The molecule has 0 aliphatic rings. The molecule has 2 aromatic rings. The Bertz CT molecular complexity index is 496. The highest BCUT2D eigenvalue weighted by atomic mass is 79.9. The van der Waals surface area contributed by atoms with Crippen LogP contribution in [0.4, 0.5) is 0 Å². The quantitative estimate of drug-likeness (QED) is 0.913. The first-order chi connectivity index (χ1) is 8.22. The molecule has 0 bridgehead atoms. The molecule has 0 aliphatic carbocycles. The molecule has 0 fully saturated rings. The summed E-state index contributed by atoms with van der Waals surface area (Å²) in [6.07, 6.45) is 3.55. The highest BCUT2D eigenvalue weighted by Crippen LogP contribution is 2.27. The van der Waals surface area contributed by atoms with Crippen LogP contribution in [0, 0.1) is 0 Å². The zero-order chi connectivity index (χ0) is 12.3. The Balaban J connectivity index is 2.48. The number of nitrogens with two attached hydrogens (primary N) is 2. The molecule has 4 heteroatoms. The van der Waals surface area contributed by atoms with Gasteiger partial charge in [0.2, 0.25) is 0 Å². The second kappa shape index (κ2) is 5.40. The van der Waals surface area contributed by atoms with Gasteiger partial charge in [0, 0.05) is 29.5 Å². The van der Waals surface area contributed by atoms with E-state index in [0.29, 0.717) is 6.54 Å². The molecule has 1 unspecified atom stereocenters. The normalized spacial score (nSPS) is 12.4. The van der Waals surface area contributed by atoms with Crippen LogP contribution >= 0.6 is 15.9 Å². The summed E-state index contributed by atoms with van der Waals surface area (Å²) in [5.74, 6) is 0. The minimum absolute atomic E-state index is 0.178. The van der Waals surface area contributed by atoms with Gasteiger partial charge in [-0.25, -0.2) is 0 Å². The van der Waals surface area contributed by atoms with Crippen molar-refractivity contribution in [3.63, 3.8) is 0 Å². The Labute approximate surface area is 109 Å². The van der Waals surface area contributed by atoms with Crippen molar-refractivity contribution in [2.75, 3.05) is 6.54 Å². The monoisotopic (exact) mass is 291 g/mol. The van der Waals surface area contributed by atoms with Gasteiger partial charge >= 0.3 is 0 Å². The fraction of sp³-hybridized carbons (Fsp3) is 0.154. The van der Waals surface area contributed by atoms with E-state index in [1.54, 1.807) is 12.4 Å². The molecule has 1 heterocycles. The number of benzene rings is 1. The van der Waals surface area contributed by atoms with E-state index in [1.165, 1.54) is 0 Å². The van der Waals surface area contributed by atoms with Crippen LogP contribution in [0.3, 0.4) is 0 Å². The van der Waals surface area contributed by atoms with Gasteiger partial charge in [0.15, 0.2) is 0 Å². The van der Waals surface area contributed by atoms with E-state index in [4.69, 9.17) is 11.5 Å². The maximum Gasteiger partial charge on any atom is 0.0441 e. The predicted octanol–water partition coefficient (Wildman–Crippen LogP) is 2.47. The maximum absolute atomic E-state index is 5.99. The maximum atomic E-state index is 5.99. The lowest BCUT2D eigenvalue weighted by Crippen LogP contribution is -2.21. The summed E-state index contributed by atoms with van der Waals surface area (Å²) in [4.78, 5) is 4.11. The average molecular weight is 292 g/mol. The van der Waals surface area contributed by atoms with E-state index >= 15 is 0 Å². The van der Waals surface area contributed by atoms with E-state index in [9.17, 15) is 0 Å². The van der Waals surface area contributed by atoms with Crippen LogP contribution in [-0.4, -0.2) is 11.5 Å². The summed E-state index contributed by atoms with van der Waals surface area (Å²) in [5, 5.41) is 0. The topological polar surface area (TPSA) is 64.9 Å². The molecule has 0 saturated heterocycles. The van der Waals surface area contributed by atoms with Gasteiger partial charge in [-0.3, -0.25) is 4.98 Å². The van der Waals surface area contributed by atoms with Crippen LogP contribution in [0.25, 0.3) is 11.1 Å². The first kappa shape index (κ1) is 12.2. The van der Waals surface area contributed by atoms with E-state index in [1.807, 2.05) is 30.3 Å². The number of nitrogens with zero attached hydrogens (tertiary/aromatic N) is 1. The number of aromatic nitrogens is 1. The lowest BCUT2D eigenvalue weighted by Gasteiger charge is -2.14. The summed E-state index contributed by atoms with van der Waals surface area (Å²) >= 11 is 3.42. The van der Waals surface area contributed by atoms with E-state index < -0.39 is 0 Å². The molecule has 0 aliphatic heterocycles. The van der Waals surface area contributed by atoms with Crippen molar-refractivity contribution in [1.82, 2.24) is 4.98 Å². The molecular weight excluding hydrogens is 278 g/mol. The fourth-order valence-electron chi connectivity index (χ4n) is 1.72. The van der Waals surface area contributed by atoms with Crippen LogP contribution in [0.15, 0.2) is 47.2 Å². The standard InChI is InChI=1S/C13H14BrN3/c14-10-3-1-9(2-4-10)11-5-6-17-8-12(11)13(16)7-15/h1-6,8,13H,7,15-16H2. The third-order valence-corrected chi connectivity index (χ3v) is 3.19. The Hall–Kier alpha value is -1.23. The van der Waals surface area contributed by atoms with Crippen LogP contribution in [0.5, 0.6) is 0 Å². The lowest BCUT2D eigenvalue weighted by atomic mass is 9.97. The number of pyridine rings is 1. The molecule has 4 N–H and O–H groups in total. The molecule has 0 radical (unpaired) electrons. The summed E-state index contributed by atoms with van der Waals surface area (Å²) in [7, 11) is 0. The van der Waals surface area contributed by atoms with E-state index in [0.717, 1.165) is 21.2 Å². The van der Waals surface area contributed by atoms with Gasteiger partial charge in [-0.1, -0.05) is 28.1 Å². The van der Waals surface area contributed by atoms with Crippen LogP contribution in [0.2, 0.25) is 0 Å². The molecule has 17 heavy (non-hydrogen) atoms. The van der Waals surface area contributed by atoms with Crippen molar-refractivity contribution >= 4 is 15.9 Å². The van der Waals surface area contributed by atoms with E-state index in [2.05, 4.69) is 20.9 Å². The first-order valence-electron chi connectivity index (χ1n) is 5.38. The summed E-state index contributed by atoms with van der Waals surface area (Å²) in [6, 6.07) is 9.90. The average Bonchev–Trinajstić information content (AvgIpc) is 2.39. The minimum Gasteiger partial charge on any atom is -0.329 e. The number of halogens is 1. The molecule has 1 aromatic carbocycles. The second-order valence-electron chi connectivity index (χ2n) is 3.81. The van der Waals surface area contributed by atoms with Crippen molar-refractivity contribution < 1.29 is 0 Å². The third kappa shape index (κ3) is 2.72. The minimum atomic E-state index is -0.178. The number of rotatable bonds is 3. The van der Waals surface area contributed by atoms with Gasteiger partial charge in [0.1, 0.15) is 0 Å². The molecule has 0 saturated carbocycles. The van der Waals surface area contributed by atoms with Gasteiger partial charge in [-0.15, -0.1) is 0 Å². The molecule has 1 aromatic heterocycles.